The largest absolute Gasteiger partial charge is 0.388 e. The molecule has 1 aliphatic rings. The van der Waals surface area contributed by atoms with Crippen molar-refractivity contribution >= 4 is 26.7 Å². The zero-order valence-electron chi connectivity index (χ0n) is 11.0. The first-order valence-electron chi connectivity index (χ1n) is 6.51. The molecule has 6 heteroatoms. The average Bonchev–Trinajstić information content (AvgIpc) is 2.48. The lowest BCUT2D eigenvalue weighted by atomic mass is 9.81. The van der Waals surface area contributed by atoms with Crippen LogP contribution in [-0.4, -0.2) is 45.5 Å². The molecule has 0 spiro atoms. The molecule has 21 heavy (non-hydrogen) atoms. The van der Waals surface area contributed by atoms with Gasteiger partial charge in [-0.3, -0.25) is 0 Å². The maximum atomic E-state index is 10.8. The molecule has 1 saturated heterocycles. The highest BCUT2D eigenvalue weighted by Crippen LogP contribution is 2.39. The van der Waals surface area contributed by atoms with Crippen molar-refractivity contribution in [1.29, 1.82) is 0 Å². The Morgan fingerprint density at radius 2 is 1.90 bits per heavy atom. The Kier molecular flexibility index (Phi) is 3.77. The van der Waals surface area contributed by atoms with Crippen LogP contribution in [0.1, 0.15) is 5.56 Å². The highest BCUT2D eigenvalue weighted by Gasteiger charge is 2.52. The predicted molar refractivity (Wildman–Crippen MR) is 79.5 cm³/mol. The SMILES string of the molecule is O[C@@H]1CO[C@@H](O)[C@@](O)(c2cccc3cc(Br)ccc23)[C@H]1O. The van der Waals surface area contributed by atoms with E-state index < -0.39 is 24.1 Å². The van der Waals surface area contributed by atoms with Crippen molar-refractivity contribution in [3.05, 3.63) is 46.4 Å². The van der Waals surface area contributed by atoms with Crippen LogP contribution in [0.3, 0.4) is 0 Å². The van der Waals surface area contributed by atoms with Crippen molar-refractivity contribution in [3.63, 3.8) is 0 Å². The van der Waals surface area contributed by atoms with Crippen molar-refractivity contribution in [2.24, 2.45) is 0 Å². The summed E-state index contributed by atoms with van der Waals surface area (Å²) >= 11 is 3.37. The highest BCUT2D eigenvalue weighted by molar-refractivity contribution is 9.10. The first-order chi connectivity index (χ1) is 9.94. The van der Waals surface area contributed by atoms with Gasteiger partial charge < -0.3 is 25.2 Å². The maximum absolute atomic E-state index is 10.8. The average molecular weight is 355 g/mol. The zero-order valence-corrected chi connectivity index (χ0v) is 12.6. The first kappa shape index (κ1) is 14.9. The number of benzene rings is 2. The molecule has 1 heterocycles. The molecule has 0 unspecified atom stereocenters. The van der Waals surface area contributed by atoms with E-state index in [1.165, 1.54) is 0 Å². The first-order valence-corrected chi connectivity index (χ1v) is 7.31. The molecule has 1 fully saturated rings. The van der Waals surface area contributed by atoms with Gasteiger partial charge in [-0.2, -0.15) is 0 Å². The Balaban J connectivity index is 2.22. The fourth-order valence-electron chi connectivity index (χ4n) is 2.74. The van der Waals surface area contributed by atoms with Gasteiger partial charge in [-0.1, -0.05) is 40.2 Å². The summed E-state index contributed by atoms with van der Waals surface area (Å²) in [7, 11) is 0. The molecule has 4 atom stereocenters. The third-order valence-corrected chi connectivity index (χ3v) is 4.38. The van der Waals surface area contributed by atoms with Gasteiger partial charge in [0.25, 0.3) is 0 Å². The Labute approximate surface area is 129 Å². The fraction of sp³-hybridized carbons (Fsp3) is 0.333. The lowest BCUT2D eigenvalue weighted by Gasteiger charge is -2.43. The number of aliphatic hydroxyl groups is 4. The van der Waals surface area contributed by atoms with Crippen LogP contribution < -0.4 is 0 Å². The van der Waals surface area contributed by atoms with E-state index >= 15 is 0 Å². The van der Waals surface area contributed by atoms with E-state index in [4.69, 9.17) is 4.74 Å². The zero-order chi connectivity index (χ0) is 15.2. The molecule has 5 nitrogen and oxygen atoms in total. The van der Waals surface area contributed by atoms with Crippen LogP contribution in [0.5, 0.6) is 0 Å². The molecule has 0 bridgehead atoms. The van der Waals surface area contributed by atoms with Crippen molar-refractivity contribution in [1.82, 2.24) is 0 Å². The van der Waals surface area contributed by atoms with Crippen molar-refractivity contribution in [2.45, 2.75) is 24.1 Å². The summed E-state index contributed by atoms with van der Waals surface area (Å²) in [6, 6.07) is 10.6. The van der Waals surface area contributed by atoms with E-state index in [1.807, 2.05) is 12.1 Å². The smallest absolute Gasteiger partial charge is 0.190 e. The molecule has 112 valence electrons. The van der Waals surface area contributed by atoms with Gasteiger partial charge in [-0.15, -0.1) is 0 Å². The van der Waals surface area contributed by atoms with E-state index in [2.05, 4.69) is 15.9 Å². The standard InChI is InChI=1S/C15H15BrO5/c16-9-4-5-10-8(6-9)2-1-3-11(10)15(20)13(18)12(17)7-21-14(15)19/h1-6,12-14,17-20H,7H2/t12-,13+,14-,15-/m1/s1. The Bertz CT molecular complexity index is 676. The van der Waals surface area contributed by atoms with Gasteiger partial charge in [0.2, 0.25) is 0 Å². The molecule has 0 amide bonds. The van der Waals surface area contributed by atoms with E-state index in [9.17, 15) is 20.4 Å². The molecule has 0 radical (unpaired) electrons. The van der Waals surface area contributed by atoms with Gasteiger partial charge in [0.05, 0.1) is 6.61 Å². The predicted octanol–water partition coefficient (Wildman–Crippen LogP) is 0.860. The molecular weight excluding hydrogens is 340 g/mol. The minimum Gasteiger partial charge on any atom is -0.388 e. The summed E-state index contributed by atoms with van der Waals surface area (Å²) in [6.07, 6.45) is -4.44. The van der Waals surface area contributed by atoms with Crippen LogP contribution in [0.2, 0.25) is 0 Å². The Morgan fingerprint density at radius 3 is 2.67 bits per heavy atom. The molecule has 3 rings (SSSR count). The molecule has 4 N–H and O–H groups in total. The number of ether oxygens (including phenoxy) is 1. The Morgan fingerprint density at radius 1 is 1.14 bits per heavy atom. The summed E-state index contributed by atoms with van der Waals surface area (Å²) < 4.78 is 5.86. The van der Waals surface area contributed by atoms with Crippen molar-refractivity contribution in [3.8, 4) is 0 Å². The molecule has 2 aromatic rings. The summed E-state index contributed by atoms with van der Waals surface area (Å²) in [4.78, 5) is 0. The van der Waals surface area contributed by atoms with E-state index in [1.54, 1.807) is 24.3 Å². The second-order valence-electron chi connectivity index (χ2n) is 5.19. The number of hydrogen-bond donors (Lipinski definition) is 4. The maximum Gasteiger partial charge on any atom is 0.190 e. The lowest BCUT2D eigenvalue weighted by molar-refractivity contribution is -0.308. The normalized spacial score (nSPS) is 33.3. The minimum atomic E-state index is -2.09. The molecule has 0 aromatic heterocycles. The van der Waals surface area contributed by atoms with Crippen molar-refractivity contribution in [2.75, 3.05) is 6.61 Å². The number of aliphatic hydroxyl groups excluding tert-OH is 3. The lowest BCUT2D eigenvalue weighted by Crippen LogP contribution is -2.60. The van der Waals surface area contributed by atoms with Gasteiger partial charge in [0.1, 0.15) is 12.2 Å². The van der Waals surface area contributed by atoms with E-state index in [0.717, 1.165) is 9.86 Å². The Hall–Kier alpha value is -1.02. The van der Waals surface area contributed by atoms with E-state index in [-0.39, 0.29) is 6.61 Å². The minimum absolute atomic E-state index is 0.235. The number of halogens is 1. The second-order valence-corrected chi connectivity index (χ2v) is 6.11. The van der Waals surface area contributed by atoms with Gasteiger partial charge in [0.15, 0.2) is 11.9 Å². The van der Waals surface area contributed by atoms with Crippen LogP contribution in [0, 0.1) is 0 Å². The number of rotatable bonds is 1. The van der Waals surface area contributed by atoms with Crippen LogP contribution in [0.25, 0.3) is 10.8 Å². The van der Waals surface area contributed by atoms with Crippen LogP contribution >= 0.6 is 15.9 Å². The summed E-state index contributed by atoms with van der Waals surface area (Å²) in [5.41, 5.74) is -1.78. The fourth-order valence-corrected chi connectivity index (χ4v) is 3.12. The molecule has 0 saturated carbocycles. The topological polar surface area (TPSA) is 90.2 Å². The monoisotopic (exact) mass is 354 g/mol. The number of hydrogen-bond acceptors (Lipinski definition) is 5. The van der Waals surface area contributed by atoms with Crippen LogP contribution in [-0.2, 0) is 10.3 Å². The molecular formula is C15H15BrO5. The van der Waals surface area contributed by atoms with Gasteiger partial charge in [-0.25, -0.2) is 0 Å². The third kappa shape index (κ3) is 2.28. The van der Waals surface area contributed by atoms with E-state index in [0.29, 0.717) is 10.9 Å². The van der Waals surface area contributed by atoms with Gasteiger partial charge in [0, 0.05) is 4.47 Å². The quantitative estimate of drug-likeness (QED) is 0.609. The summed E-state index contributed by atoms with van der Waals surface area (Å²) in [5.74, 6) is 0. The molecule has 2 aromatic carbocycles. The van der Waals surface area contributed by atoms with Gasteiger partial charge >= 0.3 is 0 Å². The van der Waals surface area contributed by atoms with Crippen LogP contribution in [0.4, 0.5) is 0 Å². The summed E-state index contributed by atoms with van der Waals surface area (Å²) in [5, 5.41) is 42.3. The van der Waals surface area contributed by atoms with Gasteiger partial charge in [-0.05, 0) is 28.5 Å². The summed E-state index contributed by atoms with van der Waals surface area (Å²) in [6.45, 7) is -0.235. The second kappa shape index (κ2) is 5.31. The van der Waals surface area contributed by atoms with Crippen LogP contribution in [0.15, 0.2) is 40.9 Å². The number of fused-ring (bicyclic) bond motifs is 1. The molecule has 1 aliphatic heterocycles. The molecule has 0 aliphatic carbocycles. The van der Waals surface area contributed by atoms with Crippen molar-refractivity contribution < 1.29 is 25.2 Å². The highest BCUT2D eigenvalue weighted by atomic mass is 79.9. The third-order valence-electron chi connectivity index (χ3n) is 3.89.